The number of fused-ring (bicyclic) bond motifs is 3. The van der Waals surface area contributed by atoms with Gasteiger partial charge in [0.1, 0.15) is 0 Å². The quantitative estimate of drug-likeness (QED) is 0.463. The highest BCUT2D eigenvalue weighted by atomic mass is 35.5. The molecule has 172 valence electrons. The van der Waals surface area contributed by atoms with Crippen LogP contribution in [0, 0.1) is 0 Å². The van der Waals surface area contributed by atoms with Crippen molar-refractivity contribution in [1.82, 2.24) is 25.0 Å². The van der Waals surface area contributed by atoms with E-state index in [2.05, 4.69) is 22.0 Å². The van der Waals surface area contributed by atoms with E-state index >= 15 is 0 Å². The summed E-state index contributed by atoms with van der Waals surface area (Å²) in [4.78, 5) is 23.4. The number of nitrogens with zero attached hydrogens (tertiary/aromatic N) is 4. The minimum absolute atomic E-state index is 0.0803. The molecule has 1 N–H and O–H groups in total. The minimum Gasteiger partial charge on any atom is -0.334 e. The molecular weight excluding hydrogens is 446 g/mol. The highest BCUT2D eigenvalue weighted by molar-refractivity contribution is 6.30. The number of rotatable bonds is 3. The Morgan fingerprint density at radius 1 is 1.06 bits per heavy atom. The second kappa shape index (κ2) is 8.53. The molecule has 0 unspecified atom stereocenters. The van der Waals surface area contributed by atoms with Crippen LogP contribution in [0.25, 0.3) is 22.2 Å². The number of aromatic nitrogens is 3. The van der Waals surface area contributed by atoms with Crippen molar-refractivity contribution < 1.29 is 4.79 Å². The topological polar surface area (TPSA) is 65.1 Å². The number of benzene rings is 2. The van der Waals surface area contributed by atoms with Crippen molar-refractivity contribution in [3.63, 3.8) is 0 Å². The molecule has 2 aliphatic heterocycles. The fourth-order valence-corrected chi connectivity index (χ4v) is 5.45. The number of hydrogen-bond donors (Lipinski definition) is 1. The summed E-state index contributed by atoms with van der Waals surface area (Å²) in [6, 6.07) is 15.8. The van der Waals surface area contributed by atoms with Crippen molar-refractivity contribution in [3.05, 3.63) is 81.6 Å². The van der Waals surface area contributed by atoms with Gasteiger partial charge in [-0.3, -0.25) is 19.8 Å². The Hall–Kier alpha value is -3.22. The van der Waals surface area contributed by atoms with Gasteiger partial charge in [-0.1, -0.05) is 48.9 Å². The number of carbonyl (C=O) groups is 1. The van der Waals surface area contributed by atoms with Gasteiger partial charge in [0.05, 0.1) is 16.8 Å². The van der Waals surface area contributed by atoms with Crippen LogP contribution >= 0.6 is 11.6 Å². The van der Waals surface area contributed by atoms with E-state index in [4.69, 9.17) is 16.6 Å². The number of likely N-dealkylation sites (N-methyl/N-ethyl adjacent to an activating group) is 1. The van der Waals surface area contributed by atoms with Crippen LogP contribution in [0.3, 0.4) is 0 Å². The largest absolute Gasteiger partial charge is 0.334 e. The lowest BCUT2D eigenvalue weighted by molar-refractivity contribution is 0.0733. The summed E-state index contributed by atoms with van der Waals surface area (Å²) in [6.45, 7) is 6.06. The van der Waals surface area contributed by atoms with Gasteiger partial charge in [0.25, 0.3) is 5.91 Å². The van der Waals surface area contributed by atoms with E-state index in [9.17, 15) is 4.79 Å². The Bertz CT molecular complexity index is 1410. The Morgan fingerprint density at radius 2 is 1.94 bits per heavy atom. The van der Waals surface area contributed by atoms with Gasteiger partial charge in [0, 0.05) is 77.5 Å². The summed E-state index contributed by atoms with van der Waals surface area (Å²) < 4.78 is 0. The van der Waals surface area contributed by atoms with E-state index < -0.39 is 0 Å². The van der Waals surface area contributed by atoms with E-state index in [0.717, 1.165) is 82.7 Å². The zero-order valence-electron chi connectivity index (χ0n) is 19.1. The molecule has 2 aromatic heterocycles. The molecule has 2 aliphatic rings. The second-order valence-corrected chi connectivity index (χ2v) is 9.50. The number of amides is 1. The molecule has 6 rings (SSSR count). The fraction of sp³-hybridized carbons (Fsp3) is 0.296. The predicted molar refractivity (Wildman–Crippen MR) is 134 cm³/mol. The number of nitrogens with one attached hydrogen (secondary N) is 1. The molecule has 4 heterocycles. The third kappa shape index (κ3) is 3.58. The van der Waals surface area contributed by atoms with Crippen molar-refractivity contribution in [1.29, 1.82) is 0 Å². The molecule has 0 fully saturated rings. The number of aromatic amines is 1. The normalized spacial score (nSPS) is 15.9. The Kier molecular flexibility index (Phi) is 5.35. The van der Waals surface area contributed by atoms with Crippen molar-refractivity contribution >= 4 is 28.4 Å². The summed E-state index contributed by atoms with van der Waals surface area (Å²) in [5.41, 5.74) is 7.86. The molecule has 0 radical (unpaired) electrons. The van der Waals surface area contributed by atoms with E-state index in [1.807, 2.05) is 53.4 Å². The van der Waals surface area contributed by atoms with E-state index in [1.165, 1.54) is 0 Å². The Balaban J connectivity index is 1.41. The average molecular weight is 472 g/mol. The molecule has 1 amide bonds. The maximum Gasteiger partial charge on any atom is 0.255 e. The zero-order chi connectivity index (χ0) is 23.2. The van der Waals surface area contributed by atoms with Crippen LogP contribution in [0.5, 0.6) is 0 Å². The van der Waals surface area contributed by atoms with Crippen LogP contribution in [0.15, 0.2) is 48.5 Å². The van der Waals surface area contributed by atoms with Gasteiger partial charge in [0.2, 0.25) is 0 Å². The Labute approximate surface area is 203 Å². The van der Waals surface area contributed by atoms with Gasteiger partial charge in [-0.2, -0.15) is 5.10 Å². The van der Waals surface area contributed by atoms with Crippen LogP contribution in [0.1, 0.15) is 39.8 Å². The predicted octanol–water partition coefficient (Wildman–Crippen LogP) is 4.85. The summed E-state index contributed by atoms with van der Waals surface area (Å²) in [5, 5.41) is 9.38. The lowest BCUT2D eigenvalue weighted by Crippen LogP contribution is -2.38. The van der Waals surface area contributed by atoms with Gasteiger partial charge in [-0.15, -0.1) is 0 Å². The summed E-state index contributed by atoms with van der Waals surface area (Å²) in [6.07, 6.45) is 1.63. The van der Waals surface area contributed by atoms with Crippen LogP contribution in [-0.2, 0) is 25.9 Å². The Morgan fingerprint density at radius 3 is 2.79 bits per heavy atom. The SMILES string of the molecule is CCN1CCc2nc3ccccc3c(C(=O)N3CCc4[nH]nc(-c5cccc(Cl)c5)c4C3)c2C1. The highest BCUT2D eigenvalue weighted by Gasteiger charge is 2.31. The second-order valence-electron chi connectivity index (χ2n) is 9.06. The number of H-pyrrole nitrogens is 1. The lowest BCUT2D eigenvalue weighted by Gasteiger charge is -2.32. The van der Waals surface area contributed by atoms with Crippen LogP contribution < -0.4 is 0 Å². The first-order chi connectivity index (χ1) is 16.6. The van der Waals surface area contributed by atoms with Crippen LogP contribution in [0.4, 0.5) is 0 Å². The third-order valence-electron chi connectivity index (χ3n) is 7.11. The van der Waals surface area contributed by atoms with Crippen LogP contribution in [0.2, 0.25) is 5.02 Å². The summed E-state index contributed by atoms with van der Waals surface area (Å²) in [7, 11) is 0. The molecule has 0 saturated carbocycles. The van der Waals surface area contributed by atoms with Gasteiger partial charge >= 0.3 is 0 Å². The first kappa shape index (κ1) is 21.3. The molecule has 0 atom stereocenters. The van der Waals surface area contributed by atoms with Gasteiger partial charge in [-0.25, -0.2) is 0 Å². The van der Waals surface area contributed by atoms with Crippen LogP contribution in [-0.4, -0.2) is 50.5 Å². The monoisotopic (exact) mass is 471 g/mol. The molecule has 7 heteroatoms. The number of pyridine rings is 1. The van der Waals surface area contributed by atoms with Crippen molar-refractivity contribution in [2.75, 3.05) is 19.6 Å². The number of hydrogen-bond acceptors (Lipinski definition) is 4. The molecule has 0 spiro atoms. The maximum atomic E-state index is 14.1. The van der Waals surface area contributed by atoms with Crippen molar-refractivity contribution in [2.45, 2.75) is 32.9 Å². The third-order valence-corrected chi connectivity index (χ3v) is 7.34. The molecule has 0 saturated heterocycles. The smallest absolute Gasteiger partial charge is 0.255 e. The molecule has 4 aromatic rings. The summed E-state index contributed by atoms with van der Waals surface area (Å²) in [5.74, 6) is 0.0803. The number of carbonyl (C=O) groups excluding carboxylic acids is 1. The molecule has 34 heavy (non-hydrogen) atoms. The van der Waals surface area contributed by atoms with E-state index in [1.54, 1.807) is 0 Å². The van der Waals surface area contributed by atoms with Crippen molar-refractivity contribution in [2.24, 2.45) is 0 Å². The lowest BCUT2D eigenvalue weighted by atomic mass is 9.93. The van der Waals surface area contributed by atoms with E-state index in [0.29, 0.717) is 18.1 Å². The molecule has 0 bridgehead atoms. The molecule has 6 nitrogen and oxygen atoms in total. The number of para-hydroxylation sites is 1. The first-order valence-electron chi connectivity index (χ1n) is 11.9. The minimum atomic E-state index is 0.0803. The fourth-order valence-electron chi connectivity index (χ4n) is 5.26. The molecular formula is C27H26ClN5O. The zero-order valence-corrected chi connectivity index (χ0v) is 19.9. The standard InChI is InChI=1S/C27H26ClN5O/c1-2-32-12-10-23-20(15-32)25(19-8-3-4-9-22(19)29-23)27(34)33-13-11-24-21(16-33)26(31-30-24)17-6-5-7-18(28)14-17/h3-9,14H,2,10-13,15-16H2,1H3,(H,30,31). The summed E-state index contributed by atoms with van der Waals surface area (Å²) >= 11 is 6.24. The first-order valence-corrected chi connectivity index (χ1v) is 12.2. The highest BCUT2D eigenvalue weighted by Crippen LogP contribution is 2.33. The van der Waals surface area contributed by atoms with Gasteiger partial charge in [0.15, 0.2) is 0 Å². The van der Waals surface area contributed by atoms with E-state index in [-0.39, 0.29) is 5.91 Å². The molecule has 0 aliphatic carbocycles. The molecule has 2 aromatic carbocycles. The average Bonchev–Trinajstić information content (AvgIpc) is 3.30. The van der Waals surface area contributed by atoms with Crippen molar-refractivity contribution in [3.8, 4) is 11.3 Å². The maximum absolute atomic E-state index is 14.1. The van der Waals surface area contributed by atoms with Gasteiger partial charge < -0.3 is 4.90 Å². The van der Waals surface area contributed by atoms with Gasteiger partial charge in [-0.05, 0) is 24.7 Å². The number of halogens is 1.